The highest BCUT2D eigenvalue weighted by Gasteiger charge is 2.30. The second-order valence-corrected chi connectivity index (χ2v) is 6.26. The Morgan fingerprint density at radius 2 is 1.80 bits per heavy atom. The van der Waals surface area contributed by atoms with Crippen molar-refractivity contribution in [3.63, 3.8) is 0 Å². The van der Waals surface area contributed by atoms with Crippen molar-refractivity contribution in [3.05, 3.63) is 68.4 Å². The van der Waals surface area contributed by atoms with Crippen LogP contribution in [0, 0.1) is 0 Å². The molecule has 0 aliphatic rings. The third kappa shape index (κ3) is 3.96. The van der Waals surface area contributed by atoms with Gasteiger partial charge < -0.3 is 14.8 Å². The summed E-state index contributed by atoms with van der Waals surface area (Å²) in [5, 5.41) is 10.9. The highest BCUT2D eigenvalue weighted by atomic mass is 79.9. The molecule has 0 fully saturated rings. The van der Waals surface area contributed by atoms with E-state index in [0.29, 0.717) is 16.5 Å². The van der Waals surface area contributed by atoms with Gasteiger partial charge in [0, 0.05) is 16.3 Å². The molecule has 0 radical (unpaired) electrons. The summed E-state index contributed by atoms with van der Waals surface area (Å²) >= 11 is 3.30. The van der Waals surface area contributed by atoms with Gasteiger partial charge >= 0.3 is 6.36 Å². The fourth-order valence-electron chi connectivity index (χ4n) is 2.47. The van der Waals surface area contributed by atoms with Crippen LogP contribution in [-0.2, 0) is 6.42 Å². The molecule has 8 heteroatoms. The Hall–Kier alpha value is -2.48. The van der Waals surface area contributed by atoms with Gasteiger partial charge in [0.05, 0.1) is 11.1 Å². The molecule has 0 spiro atoms. The first-order chi connectivity index (χ1) is 11.7. The summed E-state index contributed by atoms with van der Waals surface area (Å²) in [6.45, 7) is 0. The monoisotopic (exact) mass is 413 g/mol. The van der Waals surface area contributed by atoms with Gasteiger partial charge in [0.25, 0.3) is 5.56 Å². The molecule has 0 unspecified atom stereocenters. The van der Waals surface area contributed by atoms with Gasteiger partial charge in [-0.05, 0) is 35.9 Å². The first kappa shape index (κ1) is 17.3. The van der Waals surface area contributed by atoms with Gasteiger partial charge in [-0.25, -0.2) is 0 Å². The van der Waals surface area contributed by atoms with Crippen molar-refractivity contribution in [2.75, 3.05) is 0 Å². The Labute approximate surface area is 148 Å². The number of benzene rings is 2. The topological polar surface area (TPSA) is 62.3 Å². The van der Waals surface area contributed by atoms with Crippen molar-refractivity contribution in [2.24, 2.45) is 0 Å². The Balaban J connectivity index is 1.94. The maximum Gasteiger partial charge on any atom is 0.573 e. The molecule has 1 aromatic heterocycles. The molecule has 4 nitrogen and oxygen atoms in total. The number of ether oxygens (including phenoxy) is 1. The van der Waals surface area contributed by atoms with E-state index in [1.165, 1.54) is 12.1 Å². The zero-order valence-corrected chi connectivity index (χ0v) is 14.1. The maximum absolute atomic E-state index is 12.2. The molecular formula is C17H11BrF3NO3. The zero-order valence-electron chi connectivity index (χ0n) is 12.5. The Bertz CT molecular complexity index is 981. The number of pyridine rings is 1. The van der Waals surface area contributed by atoms with Gasteiger partial charge in [0.1, 0.15) is 11.5 Å². The van der Waals surface area contributed by atoms with E-state index in [0.717, 1.165) is 16.6 Å². The number of hydrogen-bond acceptors (Lipinski definition) is 3. The average molecular weight is 414 g/mol. The molecule has 3 aromatic rings. The smallest absolute Gasteiger partial charge is 0.507 e. The van der Waals surface area contributed by atoms with Gasteiger partial charge in [-0.15, -0.1) is 13.2 Å². The van der Waals surface area contributed by atoms with Crippen LogP contribution in [0.5, 0.6) is 11.5 Å². The quantitative estimate of drug-likeness (QED) is 0.664. The van der Waals surface area contributed by atoms with E-state index in [4.69, 9.17) is 0 Å². The lowest BCUT2D eigenvalue weighted by atomic mass is 10.0. The molecule has 0 saturated carbocycles. The molecule has 1 heterocycles. The molecule has 0 aliphatic heterocycles. The number of hydrogen-bond donors (Lipinski definition) is 2. The van der Waals surface area contributed by atoms with E-state index < -0.39 is 11.9 Å². The number of nitrogens with one attached hydrogen (secondary N) is 1. The lowest BCUT2D eigenvalue weighted by Gasteiger charge is -2.10. The van der Waals surface area contributed by atoms with Crippen LogP contribution in [0.4, 0.5) is 13.2 Å². The number of aromatic nitrogens is 1. The van der Waals surface area contributed by atoms with Gasteiger partial charge in [-0.1, -0.05) is 28.1 Å². The SMILES string of the molecule is O=c1[nH]c2ccc(Br)cc2c(O)c1Cc1ccc(OC(F)(F)F)cc1. The summed E-state index contributed by atoms with van der Waals surface area (Å²) in [7, 11) is 0. The first-order valence-corrected chi connectivity index (χ1v) is 7.90. The van der Waals surface area contributed by atoms with Crippen LogP contribution in [0.25, 0.3) is 10.9 Å². The number of alkyl halides is 3. The lowest BCUT2D eigenvalue weighted by Crippen LogP contribution is -2.17. The van der Waals surface area contributed by atoms with Crippen molar-refractivity contribution in [1.29, 1.82) is 0 Å². The normalized spacial score (nSPS) is 11.7. The highest BCUT2D eigenvalue weighted by Crippen LogP contribution is 2.29. The Kier molecular flexibility index (Phi) is 4.47. The third-order valence-corrected chi connectivity index (χ3v) is 4.08. The molecule has 2 N–H and O–H groups in total. The lowest BCUT2D eigenvalue weighted by molar-refractivity contribution is -0.274. The van der Waals surface area contributed by atoms with Crippen LogP contribution >= 0.6 is 15.9 Å². The maximum atomic E-state index is 12.2. The van der Waals surface area contributed by atoms with Crippen LogP contribution in [-0.4, -0.2) is 16.5 Å². The Morgan fingerprint density at radius 1 is 1.12 bits per heavy atom. The van der Waals surface area contributed by atoms with Gasteiger partial charge in [0.2, 0.25) is 0 Å². The van der Waals surface area contributed by atoms with Crippen LogP contribution in [0.2, 0.25) is 0 Å². The van der Waals surface area contributed by atoms with Crippen LogP contribution in [0.15, 0.2) is 51.7 Å². The zero-order chi connectivity index (χ0) is 18.2. The predicted octanol–water partition coefficient (Wildman–Crippen LogP) is 4.49. The number of rotatable bonds is 3. The van der Waals surface area contributed by atoms with E-state index >= 15 is 0 Å². The number of aromatic amines is 1. The molecule has 0 atom stereocenters. The van der Waals surface area contributed by atoms with Crippen molar-refractivity contribution in [2.45, 2.75) is 12.8 Å². The van der Waals surface area contributed by atoms with Crippen molar-refractivity contribution in [1.82, 2.24) is 4.98 Å². The molecule has 2 aromatic carbocycles. The van der Waals surface area contributed by atoms with Crippen molar-refractivity contribution in [3.8, 4) is 11.5 Å². The molecule has 3 rings (SSSR count). The third-order valence-electron chi connectivity index (χ3n) is 3.58. The van der Waals surface area contributed by atoms with Crippen LogP contribution in [0.3, 0.4) is 0 Å². The molecule has 0 saturated heterocycles. The summed E-state index contributed by atoms with van der Waals surface area (Å²) in [5.74, 6) is -0.507. The molecule has 130 valence electrons. The van der Waals surface area contributed by atoms with Gasteiger partial charge in [-0.2, -0.15) is 0 Å². The van der Waals surface area contributed by atoms with Crippen molar-refractivity contribution < 1.29 is 23.0 Å². The number of fused-ring (bicyclic) bond motifs is 1. The number of H-pyrrole nitrogens is 1. The van der Waals surface area contributed by atoms with E-state index in [2.05, 4.69) is 25.7 Å². The van der Waals surface area contributed by atoms with Crippen LogP contribution < -0.4 is 10.3 Å². The van der Waals surface area contributed by atoms with E-state index in [9.17, 15) is 23.1 Å². The van der Waals surface area contributed by atoms with E-state index in [1.54, 1.807) is 18.2 Å². The minimum absolute atomic E-state index is 0.0654. The van der Waals surface area contributed by atoms with E-state index in [-0.39, 0.29) is 23.5 Å². The average Bonchev–Trinajstić information content (AvgIpc) is 2.52. The summed E-state index contributed by atoms with van der Waals surface area (Å²) in [6.07, 6.45) is -4.70. The molecule has 0 bridgehead atoms. The largest absolute Gasteiger partial charge is 0.573 e. The molecule has 0 aliphatic carbocycles. The fraction of sp³-hybridized carbons (Fsp3) is 0.118. The fourth-order valence-corrected chi connectivity index (χ4v) is 2.83. The second kappa shape index (κ2) is 6.44. The minimum atomic E-state index is -4.76. The highest BCUT2D eigenvalue weighted by molar-refractivity contribution is 9.10. The summed E-state index contributed by atoms with van der Waals surface area (Å²) in [5.41, 5.74) is 0.728. The van der Waals surface area contributed by atoms with Crippen LogP contribution in [0.1, 0.15) is 11.1 Å². The Morgan fingerprint density at radius 3 is 2.44 bits per heavy atom. The predicted molar refractivity (Wildman–Crippen MR) is 89.9 cm³/mol. The first-order valence-electron chi connectivity index (χ1n) is 7.11. The van der Waals surface area contributed by atoms with E-state index in [1.807, 2.05) is 0 Å². The number of aromatic hydroxyl groups is 1. The molecule has 25 heavy (non-hydrogen) atoms. The van der Waals surface area contributed by atoms with Crippen molar-refractivity contribution >= 4 is 26.8 Å². The van der Waals surface area contributed by atoms with Gasteiger partial charge in [0.15, 0.2) is 0 Å². The summed E-state index contributed by atoms with van der Waals surface area (Å²) < 4.78 is 41.1. The summed E-state index contributed by atoms with van der Waals surface area (Å²) in [4.78, 5) is 14.9. The standard InChI is InChI=1S/C17H11BrF3NO3/c18-10-3-6-14-12(8-10)15(23)13(16(24)22-14)7-9-1-4-11(5-2-9)25-17(19,20)21/h1-6,8H,7H2,(H2,22,23,24). The van der Waals surface area contributed by atoms with Gasteiger partial charge in [-0.3, -0.25) is 4.79 Å². The number of halogens is 4. The molecular weight excluding hydrogens is 403 g/mol. The minimum Gasteiger partial charge on any atom is -0.507 e. The summed E-state index contributed by atoms with van der Waals surface area (Å²) in [6, 6.07) is 10.2. The molecule has 0 amide bonds. The second-order valence-electron chi connectivity index (χ2n) is 5.34.